The molecule has 60 valence electrons. The Balaban J connectivity index is 2.22. The van der Waals surface area contributed by atoms with E-state index in [1.165, 1.54) is 6.08 Å². The molecule has 0 saturated carbocycles. The molecule has 1 aliphatic heterocycles. The molecule has 0 aromatic rings. The van der Waals surface area contributed by atoms with Crippen LogP contribution in [-0.2, 0) is 14.3 Å². The number of ether oxygens (including phenoxy) is 2. The predicted molar refractivity (Wildman–Crippen MR) is 38.0 cm³/mol. The SMILES string of the molecule is CC1(C)O[C@H]2C=CC(=O)[C@@H]2O1. The molecule has 1 aliphatic carbocycles. The topological polar surface area (TPSA) is 35.5 Å². The Bertz CT molecular complexity index is 229. The first kappa shape index (κ1) is 7.00. The summed E-state index contributed by atoms with van der Waals surface area (Å²) in [5.74, 6) is -0.587. The maximum Gasteiger partial charge on any atom is 0.187 e. The molecular formula is C8H10O3. The molecule has 0 aromatic carbocycles. The minimum atomic E-state index is -0.601. The van der Waals surface area contributed by atoms with Crippen molar-refractivity contribution < 1.29 is 14.3 Å². The van der Waals surface area contributed by atoms with Gasteiger partial charge in [-0.15, -0.1) is 0 Å². The molecule has 0 spiro atoms. The van der Waals surface area contributed by atoms with Gasteiger partial charge in [-0.2, -0.15) is 0 Å². The summed E-state index contributed by atoms with van der Waals surface area (Å²) in [6, 6.07) is 0. The van der Waals surface area contributed by atoms with E-state index in [9.17, 15) is 4.79 Å². The van der Waals surface area contributed by atoms with Crippen molar-refractivity contribution in [3.63, 3.8) is 0 Å². The van der Waals surface area contributed by atoms with Crippen LogP contribution in [-0.4, -0.2) is 23.8 Å². The fourth-order valence-corrected chi connectivity index (χ4v) is 1.43. The molecular weight excluding hydrogens is 144 g/mol. The van der Waals surface area contributed by atoms with E-state index >= 15 is 0 Å². The summed E-state index contributed by atoms with van der Waals surface area (Å²) in [4.78, 5) is 11.1. The normalized spacial score (nSPS) is 39.6. The summed E-state index contributed by atoms with van der Waals surface area (Å²) in [7, 11) is 0. The number of fused-ring (bicyclic) bond motifs is 1. The van der Waals surface area contributed by atoms with Gasteiger partial charge in [0.15, 0.2) is 17.7 Å². The lowest BCUT2D eigenvalue weighted by Crippen LogP contribution is -2.25. The van der Waals surface area contributed by atoms with Crippen LogP contribution in [0.1, 0.15) is 13.8 Å². The van der Waals surface area contributed by atoms with Gasteiger partial charge in [-0.3, -0.25) is 4.79 Å². The van der Waals surface area contributed by atoms with Gasteiger partial charge in [0.25, 0.3) is 0 Å². The molecule has 11 heavy (non-hydrogen) atoms. The van der Waals surface area contributed by atoms with Crippen molar-refractivity contribution in [3.8, 4) is 0 Å². The lowest BCUT2D eigenvalue weighted by molar-refractivity contribution is -0.152. The molecule has 2 atom stereocenters. The van der Waals surface area contributed by atoms with Crippen molar-refractivity contribution in [2.45, 2.75) is 31.8 Å². The molecule has 0 radical (unpaired) electrons. The van der Waals surface area contributed by atoms with Crippen LogP contribution in [0.5, 0.6) is 0 Å². The first-order valence-corrected chi connectivity index (χ1v) is 3.66. The lowest BCUT2D eigenvalue weighted by Gasteiger charge is -2.16. The quantitative estimate of drug-likeness (QED) is 0.513. The molecule has 2 aliphatic rings. The summed E-state index contributed by atoms with van der Waals surface area (Å²) < 4.78 is 10.8. The molecule has 1 fully saturated rings. The second-order valence-electron chi connectivity index (χ2n) is 3.28. The van der Waals surface area contributed by atoms with E-state index in [0.29, 0.717) is 0 Å². The molecule has 0 unspecified atom stereocenters. The third-order valence-corrected chi connectivity index (χ3v) is 1.86. The minimum absolute atomic E-state index is 0.0144. The largest absolute Gasteiger partial charge is 0.340 e. The van der Waals surface area contributed by atoms with Gasteiger partial charge in [0, 0.05) is 0 Å². The maximum atomic E-state index is 11.1. The molecule has 0 amide bonds. The van der Waals surface area contributed by atoms with Crippen LogP contribution in [0.2, 0.25) is 0 Å². The first-order chi connectivity index (χ1) is 5.08. The highest BCUT2D eigenvalue weighted by Gasteiger charge is 2.45. The number of hydrogen-bond acceptors (Lipinski definition) is 3. The number of hydrogen-bond donors (Lipinski definition) is 0. The first-order valence-electron chi connectivity index (χ1n) is 3.66. The van der Waals surface area contributed by atoms with Crippen molar-refractivity contribution in [2.24, 2.45) is 0 Å². The highest BCUT2D eigenvalue weighted by Crippen LogP contribution is 2.32. The van der Waals surface area contributed by atoms with Crippen LogP contribution in [0.25, 0.3) is 0 Å². The monoisotopic (exact) mass is 154 g/mol. The fraction of sp³-hybridized carbons (Fsp3) is 0.625. The van der Waals surface area contributed by atoms with Crippen LogP contribution in [0.4, 0.5) is 0 Å². The minimum Gasteiger partial charge on any atom is -0.340 e. The smallest absolute Gasteiger partial charge is 0.187 e. The summed E-state index contributed by atoms with van der Waals surface area (Å²) in [5.41, 5.74) is 0. The van der Waals surface area contributed by atoms with Crippen molar-refractivity contribution >= 4 is 5.78 Å². The molecule has 1 heterocycles. The fourth-order valence-electron chi connectivity index (χ4n) is 1.43. The zero-order valence-electron chi connectivity index (χ0n) is 6.53. The third-order valence-electron chi connectivity index (χ3n) is 1.86. The second-order valence-corrected chi connectivity index (χ2v) is 3.28. The Labute approximate surface area is 65.0 Å². The van der Waals surface area contributed by atoms with E-state index in [4.69, 9.17) is 9.47 Å². The van der Waals surface area contributed by atoms with Crippen LogP contribution >= 0.6 is 0 Å². The number of ketones is 1. The molecule has 3 heteroatoms. The van der Waals surface area contributed by atoms with Crippen molar-refractivity contribution in [2.75, 3.05) is 0 Å². The summed E-state index contributed by atoms with van der Waals surface area (Å²) in [5, 5.41) is 0. The van der Waals surface area contributed by atoms with Gasteiger partial charge >= 0.3 is 0 Å². The summed E-state index contributed by atoms with van der Waals surface area (Å²) in [6.07, 6.45) is 2.73. The van der Waals surface area contributed by atoms with E-state index in [2.05, 4.69) is 0 Å². The second kappa shape index (κ2) is 1.93. The number of carbonyl (C=O) groups excluding carboxylic acids is 1. The number of rotatable bonds is 0. The van der Waals surface area contributed by atoms with Crippen molar-refractivity contribution in [1.82, 2.24) is 0 Å². The summed E-state index contributed by atoms with van der Waals surface area (Å²) >= 11 is 0. The Hall–Kier alpha value is -0.670. The van der Waals surface area contributed by atoms with Gasteiger partial charge in [0.05, 0.1) is 0 Å². The van der Waals surface area contributed by atoms with Crippen molar-refractivity contribution in [3.05, 3.63) is 12.2 Å². The summed E-state index contributed by atoms with van der Waals surface area (Å²) in [6.45, 7) is 3.62. The molecule has 0 bridgehead atoms. The van der Waals surface area contributed by atoms with Crippen molar-refractivity contribution in [1.29, 1.82) is 0 Å². The average molecular weight is 154 g/mol. The molecule has 0 N–H and O–H groups in total. The predicted octanol–water partition coefficient (Wildman–Crippen LogP) is 0.645. The zero-order chi connectivity index (χ0) is 8.06. The van der Waals surface area contributed by atoms with Crippen LogP contribution < -0.4 is 0 Å². The molecule has 0 aromatic heterocycles. The molecule has 1 saturated heterocycles. The van der Waals surface area contributed by atoms with Gasteiger partial charge < -0.3 is 9.47 Å². The Morgan fingerprint density at radius 1 is 1.45 bits per heavy atom. The molecule has 3 nitrogen and oxygen atoms in total. The van der Waals surface area contributed by atoms with E-state index in [0.717, 1.165) is 0 Å². The average Bonchev–Trinajstić information content (AvgIpc) is 2.31. The Morgan fingerprint density at radius 3 is 2.82 bits per heavy atom. The van der Waals surface area contributed by atoms with E-state index in [1.54, 1.807) is 6.08 Å². The standard InChI is InChI=1S/C8H10O3/c1-8(2)10-6-4-3-5(9)7(6)11-8/h3-4,6-7H,1-2H3/t6-,7-/m0/s1. The highest BCUT2D eigenvalue weighted by atomic mass is 16.8. The van der Waals surface area contributed by atoms with Crippen LogP contribution in [0.15, 0.2) is 12.2 Å². The van der Waals surface area contributed by atoms with Gasteiger partial charge in [0.2, 0.25) is 0 Å². The van der Waals surface area contributed by atoms with E-state index in [1.807, 2.05) is 13.8 Å². The van der Waals surface area contributed by atoms with Crippen LogP contribution in [0.3, 0.4) is 0 Å². The van der Waals surface area contributed by atoms with E-state index < -0.39 is 5.79 Å². The Morgan fingerprint density at radius 2 is 2.18 bits per heavy atom. The van der Waals surface area contributed by atoms with Crippen LogP contribution in [0, 0.1) is 0 Å². The van der Waals surface area contributed by atoms with E-state index in [-0.39, 0.29) is 18.0 Å². The van der Waals surface area contributed by atoms with Gasteiger partial charge in [0.1, 0.15) is 6.10 Å². The van der Waals surface area contributed by atoms with Gasteiger partial charge in [-0.25, -0.2) is 0 Å². The Kier molecular flexibility index (Phi) is 1.23. The lowest BCUT2D eigenvalue weighted by atomic mass is 10.2. The highest BCUT2D eigenvalue weighted by molar-refractivity contribution is 5.97. The zero-order valence-corrected chi connectivity index (χ0v) is 6.53. The van der Waals surface area contributed by atoms with Gasteiger partial charge in [-0.1, -0.05) is 0 Å². The third kappa shape index (κ3) is 1.01. The molecule has 2 rings (SSSR count). The maximum absolute atomic E-state index is 11.1. The van der Waals surface area contributed by atoms with Gasteiger partial charge in [-0.05, 0) is 26.0 Å². The number of carbonyl (C=O) groups is 1.